The predicted molar refractivity (Wildman–Crippen MR) is 201 cm³/mol. The maximum atomic E-state index is 14.8. The van der Waals surface area contributed by atoms with E-state index in [0.29, 0.717) is 59.9 Å². The number of urea groups is 1. The lowest BCUT2D eigenvalue weighted by molar-refractivity contribution is -0.131. The molecule has 1 fully saturated rings. The first-order valence-corrected chi connectivity index (χ1v) is 18.2. The SMILES string of the molecule is CCOc1cc(C(C)(C)C)ncc1C(=NC(C)(C)C1C=CC(Cl)=CC1)N(Cc1ccc(Cl)cc1)C(=O)N1CCC(CC(=O)N(C)CC)CC1. The second-order valence-corrected chi connectivity index (χ2v) is 15.5. The monoisotopic (exact) mass is 709 g/mol. The molecule has 266 valence electrons. The summed E-state index contributed by atoms with van der Waals surface area (Å²) in [7, 11) is 1.84. The van der Waals surface area contributed by atoms with Crippen molar-refractivity contribution in [3.05, 3.63) is 81.6 Å². The lowest BCUT2D eigenvalue weighted by Crippen LogP contribution is -2.50. The van der Waals surface area contributed by atoms with Crippen molar-refractivity contribution < 1.29 is 14.3 Å². The number of allylic oxidation sites excluding steroid dienone is 3. The number of likely N-dealkylation sites (tertiary alicyclic amines) is 1. The van der Waals surface area contributed by atoms with E-state index >= 15 is 0 Å². The Balaban J connectivity index is 1.81. The van der Waals surface area contributed by atoms with E-state index in [0.717, 1.165) is 30.5 Å². The Kier molecular flexibility index (Phi) is 13.0. The minimum absolute atomic E-state index is 0.0457. The van der Waals surface area contributed by atoms with Crippen LogP contribution in [-0.2, 0) is 16.8 Å². The topological polar surface area (TPSA) is 78.3 Å². The van der Waals surface area contributed by atoms with Crippen LogP contribution >= 0.6 is 23.2 Å². The van der Waals surface area contributed by atoms with E-state index < -0.39 is 5.54 Å². The van der Waals surface area contributed by atoms with Crippen molar-refractivity contribution in [3.8, 4) is 5.75 Å². The van der Waals surface area contributed by atoms with Crippen molar-refractivity contribution in [1.29, 1.82) is 0 Å². The quantitative estimate of drug-likeness (QED) is 0.182. The molecule has 2 aromatic rings. The van der Waals surface area contributed by atoms with Gasteiger partial charge in [-0.05, 0) is 76.6 Å². The van der Waals surface area contributed by atoms with Gasteiger partial charge in [-0.1, -0.05) is 68.3 Å². The number of halogens is 2. The number of amidine groups is 1. The van der Waals surface area contributed by atoms with Crippen LogP contribution in [0.2, 0.25) is 5.02 Å². The maximum Gasteiger partial charge on any atom is 0.325 e. The van der Waals surface area contributed by atoms with E-state index in [1.807, 2.05) is 68.3 Å². The van der Waals surface area contributed by atoms with E-state index in [1.54, 1.807) is 16.0 Å². The fourth-order valence-corrected chi connectivity index (χ4v) is 6.40. The summed E-state index contributed by atoms with van der Waals surface area (Å²) in [5, 5.41) is 1.33. The molecule has 8 nitrogen and oxygen atoms in total. The van der Waals surface area contributed by atoms with Gasteiger partial charge in [-0.15, -0.1) is 0 Å². The van der Waals surface area contributed by atoms with Gasteiger partial charge < -0.3 is 14.5 Å². The van der Waals surface area contributed by atoms with Gasteiger partial charge in [0.05, 0.1) is 24.3 Å². The van der Waals surface area contributed by atoms with Crippen molar-refractivity contribution in [2.24, 2.45) is 16.8 Å². The number of hydrogen-bond donors (Lipinski definition) is 0. The lowest BCUT2D eigenvalue weighted by Gasteiger charge is -2.38. The lowest BCUT2D eigenvalue weighted by atomic mass is 9.83. The van der Waals surface area contributed by atoms with Gasteiger partial charge in [-0.25, -0.2) is 4.79 Å². The van der Waals surface area contributed by atoms with Crippen molar-refractivity contribution in [3.63, 3.8) is 0 Å². The molecule has 1 aromatic heterocycles. The zero-order valence-corrected chi connectivity index (χ0v) is 31.9. The number of hydrogen-bond acceptors (Lipinski definition) is 5. The summed E-state index contributed by atoms with van der Waals surface area (Å²) in [6, 6.07) is 9.38. The fourth-order valence-electron chi connectivity index (χ4n) is 6.11. The number of aromatic nitrogens is 1. The van der Waals surface area contributed by atoms with Crippen molar-refractivity contribution >= 4 is 41.0 Å². The molecule has 1 aromatic carbocycles. The van der Waals surface area contributed by atoms with Gasteiger partial charge in [0.15, 0.2) is 0 Å². The molecule has 0 N–H and O–H groups in total. The van der Waals surface area contributed by atoms with Gasteiger partial charge in [0.25, 0.3) is 0 Å². The van der Waals surface area contributed by atoms with E-state index in [4.69, 9.17) is 37.9 Å². The second kappa shape index (κ2) is 16.6. The summed E-state index contributed by atoms with van der Waals surface area (Å²) in [6.07, 6.45) is 10.6. The molecule has 1 saturated heterocycles. The molecular formula is C39H53Cl2N5O3. The molecule has 4 rings (SSSR count). The van der Waals surface area contributed by atoms with Crippen molar-refractivity contribution in [2.45, 2.75) is 91.6 Å². The molecule has 3 amide bonds. The van der Waals surface area contributed by atoms with E-state index in [-0.39, 0.29) is 35.7 Å². The molecule has 0 spiro atoms. The Labute approximate surface area is 303 Å². The van der Waals surface area contributed by atoms with Crippen LogP contribution in [0.25, 0.3) is 0 Å². The highest BCUT2D eigenvalue weighted by atomic mass is 35.5. The number of carbonyl (C=O) groups is 2. The van der Waals surface area contributed by atoms with Gasteiger partial charge in [0.2, 0.25) is 5.91 Å². The number of benzene rings is 1. The van der Waals surface area contributed by atoms with Gasteiger partial charge in [-0.3, -0.25) is 19.7 Å². The third-order valence-electron chi connectivity index (χ3n) is 9.52. The van der Waals surface area contributed by atoms with Crippen LogP contribution in [0.5, 0.6) is 5.75 Å². The van der Waals surface area contributed by atoms with E-state index in [1.165, 1.54) is 0 Å². The van der Waals surface area contributed by atoms with Gasteiger partial charge >= 0.3 is 6.03 Å². The van der Waals surface area contributed by atoms with E-state index in [2.05, 4.69) is 40.7 Å². The molecule has 49 heavy (non-hydrogen) atoms. The first-order valence-electron chi connectivity index (χ1n) is 17.4. The summed E-state index contributed by atoms with van der Waals surface area (Å²) in [5.74, 6) is 1.56. The summed E-state index contributed by atoms with van der Waals surface area (Å²) in [4.78, 5) is 43.3. The average molecular weight is 711 g/mol. The Morgan fingerprint density at radius 3 is 2.31 bits per heavy atom. The normalized spacial score (nSPS) is 17.5. The number of carbonyl (C=O) groups excluding carboxylic acids is 2. The van der Waals surface area contributed by atoms with Crippen LogP contribution in [0, 0.1) is 11.8 Å². The highest BCUT2D eigenvalue weighted by Crippen LogP contribution is 2.35. The molecule has 1 aliphatic carbocycles. The Bertz CT molecular complexity index is 1550. The van der Waals surface area contributed by atoms with Gasteiger partial charge in [0.1, 0.15) is 11.6 Å². The molecule has 2 heterocycles. The minimum Gasteiger partial charge on any atom is -0.493 e. The van der Waals surface area contributed by atoms with Crippen LogP contribution < -0.4 is 4.74 Å². The zero-order chi connectivity index (χ0) is 35.9. The molecule has 1 aliphatic heterocycles. The number of amides is 3. The predicted octanol–water partition coefficient (Wildman–Crippen LogP) is 8.86. The van der Waals surface area contributed by atoms with Crippen molar-refractivity contribution in [1.82, 2.24) is 19.7 Å². The summed E-state index contributed by atoms with van der Waals surface area (Å²) >= 11 is 12.6. The maximum absolute atomic E-state index is 14.8. The van der Waals surface area contributed by atoms with Crippen molar-refractivity contribution in [2.75, 3.05) is 33.3 Å². The first kappa shape index (κ1) is 38.4. The van der Waals surface area contributed by atoms with Crippen LogP contribution in [0.15, 0.2) is 64.8 Å². The molecule has 10 heteroatoms. The second-order valence-electron chi connectivity index (χ2n) is 14.7. The Morgan fingerprint density at radius 1 is 1.06 bits per heavy atom. The Hall–Kier alpha value is -3.36. The summed E-state index contributed by atoms with van der Waals surface area (Å²) in [5.41, 5.74) is 1.62. The number of rotatable bonds is 10. The number of aliphatic imine (C=N–C) groups is 1. The van der Waals surface area contributed by atoms with Crippen LogP contribution in [0.1, 0.15) is 91.0 Å². The fraction of sp³-hybridized carbons (Fsp3) is 0.538. The number of pyridine rings is 1. The summed E-state index contributed by atoms with van der Waals surface area (Å²) in [6.45, 7) is 17.0. The van der Waals surface area contributed by atoms with Crippen LogP contribution in [0.4, 0.5) is 4.79 Å². The summed E-state index contributed by atoms with van der Waals surface area (Å²) < 4.78 is 6.28. The molecule has 0 radical (unpaired) electrons. The van der Waals surface area contributed by atoms with Gasteiger partial charge in [-0.2, -0.15) is 0 Å². The molecule has 1 unspecified atom stereocenters. The highest BCUT2D eigenvalue weighted by molar-refractivity contribution is 6.31. The van der Waals surface area contributed by atoms with Gasteiger partial charge in [0, 0.05) is 72.4 Å². The third kappa shape index (κ3) is 10.1. The molecule has 0 bridgehead atoms. The zero-order valence-electron chi connectivity index (χ0n) is 30.4. The number of piperidine rings is 1. The van der Waals surface area contributed by atoms with Crippen LogP contribution in [-0.4, -0.2) is 76.3 Å². The highest BCUT2D eigenvalue weighted by Gasteiger charge is 2.36. The first-order chi connectivity index (χ1) is 23.1. The molecule has 2 aliphatic rings. The molecular weight excluding hydrogens is 657 g/mol. The Morgan fingerprint density at radius 2 is 1.73 bits per heavy atom. The molecule has 1 atom stereocenters. The van der Waals surface area contributed by atoms with E-state index in [9.17, 15) is 9.59 Å². The third-order valence-corrected chi connectivity index (χ3v) is 10.1. The standard InChI is InChI=1S/C39H53Cl2N5O3/c1-9-44(8)35(47)23-27-19-21-45(22-20-27)37(48)46(26-28-11-15-30(40)16-12-28)36(43-39(6,7)29-13-17-31(41)18-14-29)32-25-42-34(38(3,4)5)24-33(32)49-10-2/h11-13,15-18,24-25,27,29H,9-10,14,19-23,26H2,1-8H3. The van der Waals surface area contributed by atoms with Crippen LogP contribution in [0.3, 0.4) is 0 Å². The molecule has 0 saturated carbocycles. The number of ether oxygens (including phenoxy) is 1. The number of nitrogens with zero attached hydrogens (tertiary/aromatic N) is 5. The minimum atomic E-state index is -0.622. The average Bonchev–Trinajstić information content (AvgIpc) is 3.06. The smallest absolute Gasteiger partial charge is 0.325 e. The largest absolute Gasteiger partial charge is 0.493 e.